The fourth-order valence-corrected chi connectivity index (χ4v) is 3.43. The smallest absolute Gasteiger partial charge is 0.0393 e. The number of hydrogen-bond acceptors (Lipinski definition) is 2. The molecular weight excluding hydrogens is 256 g/mol. The van der Waals surface area contributed by atoms with Gasteiger partial charge in [-0.3, -0.25) is 0 Å². The van der Waals surface area contributed by atoms with Gasteiger partial charge in [0.1, 0.15) is 0 Å². The molecule has 1 fully saturated rings. The lowest BCUT2D eigenvalue weighted by Gasteiger charge is -2.29. The lowest BCUT2D eigenvalue weighted by molar-refractivity contribution is 0.362. The molecule has 2 heteroatoms. The molecule has 1 aliphatic rings. The molecule has 0 radical (unpaired) electrons. The maximum atomic E-state index is 3.49. The molecule has 1 aliphatic carbocycles. The van der Waals surface area contributed by atoms with E-state index in [1.54, 1.807) is 0 Å². The maximum absolute atomic E-state index is 3.49. The molecule has 2 rings (SSSR count). The van der Waals surface area contributed by atoms with Crippen LogP contribution in [0.2, 0.25) is 0 Å². The van der Waals surface area contributed by atoms with E-state index in [0.717, 1.165) is 12.5 Å². The average molecular weight is 288 g/mol. The molecule has 0 aliphatic heterocycles. The van der Waals surface area contributed by atoms with Gasteiger partial charge in [-0.2, -0.15) is 0 Å². The van der Waals surface area contributed by atoms with Crippen molar-refractivity contribution in [2.75, 3.05) is 18.5 Å². The molecule has 1 saturated carbocycles. The predicted octanol–water partition coefficient (Wildman–Crippen LogP) is 4.51. The van der Waals surface area contributed by atoms with Crippen LogP contribution in [-0.4, -0.2) is 19.6 Å². The molecule has 2 nitrogen and oxygen atoms in total. The van der Waals surface area contributed by atoms with E-state index in [0.29, 0.717) is 6.04 Å². The summed E-state index contributed by atoms with van der Waals surface area (Å²) in [5, 5.41) is 3.49. The zero-order chi connectivity index (χ0) is 15.2. The summed E-state index contributed by atoms with van der Waals surface area (Å²) in [6, 6.07) is 7.45. The Bertz CT molecular complexity index is 433. The second kappa shape index (κ2) is 7.84. The summed E-state index contributed by atoms with van der Waals surface area (Å²) in [4.78, 5) is 2.46. The van der Waals surface area contributed by atoms with E-state index in [-0.39, 0.29) is 0 Å². The Labute approximate surface area is 130 Å². The number of rotatable bonds is 6. The first-order chi connectivity index (χ1) is 10.1. The molecular formula is C19H32N2. The van der Waals surface area contributed by atoms with Gasteiger partial charge in [0.2, 0.25) is 0 Å². The minimum atomic E-state index is 0.541. The third-order valence-electron chi connectivity index (χ3n) is 4.64. The second-order valence-electron chi connectivity index (χ2n) is 7.04. The molecule has 21 heavy (non-hydrogen) atoms. The van der Waals surface area contributed by atoms with Crippen LogP contribution in [0, 0.1) is 12.8 Å². The van der Waals surface area contributed by atoms with Crippen LogP contribution in [0.5, 0.6) is 0 Å². The van der Waals surface area contributed by atoms with E-state index in [2.05, 4.69) is 56.2 Å². The Balaban J connectivity index is 1.95. The number of aryl methyl sites for hydroxylation is 1. The van der Waals surface area contributed by atoms with Gasteiger partial charge >= 0.3 is 0 Å². The standard InChI is InChI=1S/C19H32N2/c1-15(2)20-13-18-10-11-19(16(3)12-18)21(4)14-17-8-6-5-7-9-17/h10-12,15,17,20H,5-9,13-14H2,1-4H3. The van der Waals surface area contributed by atoms with Crippen LogP contribution < -0.4 is 10.2 Å². The minimum Gasteiger partial charge on any atom is -0.374 e. The summed E-state index contributed by atoms with van der Waals surface area (Å²) in [5.74, 6) is 0.894. The van der Waals surface area contributed by atoms with Crippen LogP contribution in [0.4, 0.5) is 5.69 Å². The van der Waals surface area contributed by atoms with Gasteiger partial charge in [-0.1, -0.05) is 45.2 Å². The number of benzene rings is 1. The Morgan fingerprint density at radius 2 is 1.90 bits per heavy atom. The monoisotopic (exact) mass is 288 g/mol. The fourth-order valence-electron chi connectivity index (χ4n) is 3.43. The highest BCUT2D eigenvalue weighted by Gasteiger charge is 2.16. The van der Waals surface area contributed by atoms with Crippen LogP contribution in [0.25, 0.3) is 0 Å². The van der Waals surface area contributed by atoms with Crippen LogP contribution in [-0.2, 0) is 6.54 Å². The Hall–Kier alpha value is -1.02. The van der Waals surface area contributed by atoms with Crippen LogP contribution in [0.1, 0.15) is 57.1 Å². The summed E-state index contributed by atoms with van der Waals surface area (Å²) in [6.45, 7) is 8.81. The average Bonchev–Trinajstić information content (AvgIpc) is 2.46. The molecule has 0 unspecified atom stereocenters. The van der Waals surface area contributed by atoms with Crippen molar-refractivity contribution in [3.8, 4) is 0 Å². The molecule has 1 aromatic rings. The van der Waals surface area contributed by atoms with E-state index in [1.807, 2.05) is 0 Å². The first kappa shape index (κ1) is 16.4. The van der Waals surface area contributed by atoms with Crippen molar-refractivity contribution in [2.24, 2.45) is 5.92 Å². The zero-order valence-corrected chi connectivity index (χ0v) is 14.3. The molecule has 0 aromatic heterocycles. The molecule has 0 heterocycles. The van der Waals surface area contributed by atoms with E-state index in [9.17, 15) is 0 Å². The summed E-state index contributed by atoms with van der Waals surface area (Å²) < 4.78 is 0. The SMILES string of the molecule is Cc1cc(CNC(C)C)ccc1N(C)CC1CCCCC1. The Morgan fingerprint density at radius 1 is 1.19 bits per heavy atom. The van der Waals surface area contributed by atoms with Gasteiger partial charge in [-0.15, -0.1) is 0 Å². The Morgan fingerprint density at radius 3 is 2.52 bits per heavy atom. The van der Waals surface area contributed by atoms with Crippen molar-refractivity contribution in [3.05, 3.63) is 29.3 Å². The maximum Gasteiger partial charge on any atom is 0.0393 e. The van der Waals surface area contributed by atoms with Crippen LogP contribution in [0.3, 0.4) is 0 Å². The molecule has 1 N–H and O–H groups in total. The molecule has 0 saturated heterocycles. The van der Waals surface area contributed by atoms with E-state index >= 15 is 0 Å². The first-order valence-electron chi connectivity index (χ1n) is 8.60. The van der Waals surface area contributed by atoms with E-state index in [4.69, 9.17) is 0 Å². The quantitative estimate of drug-likeness (QED) is 0.828. The minimum absolute atomic E-state index is 0.541. The van der Waals surface area contributed by atoms with Crippen molar-refractivity contribution in [3.63, 3.8) is 0 Å². The molecule has 0 atom stereocenters. The van der Waals surface area contributed by atoms with Gasteiger partial charge in [0, 0.05) is 31.9 Å². The van der Waals surface area contributed by atoms with Crippen molar-refractivity contribution in [1.29, 1.82) is 0 Å². The third-order valence-corrected chi connectivity index (χ3v) is 4.64. The largest absolute Gasteiger partial charge is 0.374 e. The summed E-state index contributed by atoms with van der Waals surface area (Å²) in [5.41, 5.74) is 4.18. The number of anilines is 1. The molecule has 0 amide bonds. The topological polar surface area (TPSA) is 15.3 Å². The van der Waals surface area contributed by atoms with Gasteiger partial charge in [-0.05, 0) is 42.9 Å². The highest BCUT2D eigenvalue weighted by atomic mass is 15.1. The fraction of sp³-hybridized carbons (Fsp3) is 0.684. The van der Waals surface area contributed by atoms with Crippen molar-refractivity contribution >= 4 is 5.69 Å². The van der Waals surface area contributed by atoms with Gasteiger partial charge < -0.3 is 10.2 Å². The number of nitrogens with one attached hydrogen (secondary N) is 1. The highest BCUT2D eigenvalue weighted by molar-refractivity contribution is 5.54. The normalized spacial score (nSPS) is 16.4. The predicted molar refractivity (Wildman–Crippen MR) is 93.0 cm³/mol. The summed E-state index contributed by atoms with van der Waals surface area (Å²) in [6.07, 6.45) is 7.13. The molecule has 0 spiro atoms. The number of hydrogen-bond donors (Lipinski definition) is 1. The molecule has 0 bridgehead atoms. The van der Waals surface area contributed by atoms with Gasteiger partial charge in [0.15, 0.2) is 0 Å². The zero-order valence-electron chi connectivity index (χ0n) is 14.3. The van der Waals surface area contributed by atoms with Crippen LogP contribution in [0.15, 0.2) is 18.2 Å². The number of nitrogens with zero attached hydrogens (tertiary/aromatic N) is 1. The van der Waals surface area contributed by atoms with Crippen LogP contribution >= 0.6 is 0 Å². The van der Waals surface area contributed by atoms with Gasteiger partial charge in [0.05, 0.1) is 0 Å². The van der Waals surface area contributed by atoms with Crippen molar-refractivity contribution in [1.82, 2.24) is 5.32 Å². The second-order valence-corrected chi connectivity index (χ2v) is 7.04. The third kappa shape index (κ3) is 5.03. The lowest BCUT2D eigenvalue weighted by Crippen LogP contribution is -2.27. The van der Waals surface area contributed by atoms with E-state index in [1.165, 1.54) is 55.5 Å². The van der Waals surface area contributed by atoms with Crippen molar-refractivity contribution in [2.45, 2.75) is 65.5 Å². The van der Waals surface area contributed by atoms with Crippen molar-refractivity contribution < 1.29 is 0 Å². The summed E-state index contributed by atoms with van der Waals surface area (Å²) >= 11 is 0. The Kier molecular flexibility index (Phi) is 6.10. The molecule has 118 valence electrons. The van der Waals surface area contributed by atoms with Gasteiger partial charge in [-0.25, -0.2) is 0 Å². The van der Waals surface area contributed by atoms with E-state index < -0.39 is 0 Å². The highest BCUT2D eigenvalue weighted by Crippen LogP contribution is 2.27. The summed E-state index contributed by atoms with van der Waals surface area (Å²) in [7, 11) is 2.25. The lowest BCUT2D eigenvalue weighted by atomic mass is 9.89. The first-order valence-corrected chi connectivity index (χ1v) is 8.60. The van der Waals surface area contributed by atoms with Gasteiger partial charge in [0.25, 0.3) is 0 Å². The molecule has 1 aromatic carbocycles.